The van der Waals surface area contributed by atoms with Gasteiger partial charge in [-0.15, -0.1) is 0 Å². The number of aryl methyl sites for hydroxylation is 1. The number of anilines is 1. The van der Waals surface area contributed by atoms with Gasteiger partial charge in [-0.2, -0.15) is 0 Å². The van der Waals surface area contributed by atoms with Crippen LogP contribution in [0.25, 0.3) is 0 Å². The highest BCUT2D eigenvalue weighted by molar-refractivity contribution is 7.91. The van der Waals surface area contributed by atoms with Gasteiger partial charge in [-0.3, -0.25) is 4.90 Å². The Morgan fingerprint density at radius 3 is 2.46 bits per heavy atom. The van der Waals surface area contributed by atoms with Gasteiger partial charge < -0.3 is 10.2 Å². The van der Waals surface area contributed by atoms with E-state index in [-0.39, 0.29) is 17.8 Å². The number of nitrogens with one attached hydrogen (secondary N) is 1. The lowest BCUT2D eigenvalue weighted by Gasteiger charge is -2.37. The van der Waals surface area contributed by atoms with Gasteiger partial charge in [0.05, 0.1) is 11.5 Å². The van der Waals surface area contributed by atoms with Gasteiger partial charge in [0.25, 0.3) is 0 Å². The summed E-state index contributed by atoms with van der Waals surface area (Å²) in [6, 6.07) is 6.15. The predicted molar refractivity (Wildman–Crippen MR) is 104 cm³/mol. The molecule has 144 valence electrons. The van der Waals surface area contributed by atoms with E-state index in [1.807, 2.05) is 24.0 Å². The standard InChI is InChI=1S/C19H29N3O3S/c1-14(2)17-6-4-5-15(3)18(17)20-19(23)22-10-8-21(9-11-22)16-7-12-26(24,25)13-16/h4-6,14,16H,7-13H2,1-3H3,(H,20,23). The third-order valence-corrected chi connectivity index (χ3v) is 7.24. The Bertz CT molecular complexity index is 768. The summed E-state index contributed by atoms with van der Waals surface area (Å²) < 4.78 is 23.4. The van der Waals surface area contributed by atoms with Gasteiger partial charge in [0.1, 0.15) is 0 Å². The number of amides is 2. The summed E-state index contributed by atoms with van der Waals surface area (Å²) in [6.45, 7) is 8.99. The van der Waals surface area contributed by atoms with Gasteiger partial charge in [0, 0.05) is 37.9 Å². The molecule has 2 fully saturated rings. The minimum absolute atomic E-state index is 0.0695. The SMILES string of the molecule is Cc1cccc(C(C)C)c1NC(=O)N1CCN(C2CCS(=O)(=O)C2)CC1. The monoisotopic (exact) mass is 379 g/mol. The van der Waals surface area contributed by atoms with Crippen molar-refractivity contribution in [2.75, 3.05) is 43.0 Å². The molecule has 0 saturated carbocycles. The van der Waals surface area contributed by atoms with E-state index in [0.29, 0.717) is 24.8 Å². The van der Waals surface area contributed by atoms with Crippen molar-refractivity contribution in [1.82, 2.24) is 9.80 Å². The number of piperazine rings is 1. The molecule has 1 unspecified atom stereocenters. The quantitative estimate of drug-likeness (QED) is 0.876. The summed E-state index contributed by atoms with van der Waals surface area (Å²) >= 11 is 0. The number of carbonyl (C=O) groups excluding carboxylic acids is 1. The molecule has 6 nitrogen and oxygen atoms in total. The van der Waals surface area contributed by atoms with Gasteiger partial charge in [-0.25, -0.2) is 13.2 Å². The highest BCUT2D eigenvalue weighted by Gasteiger charge is 2.34. The van der Waals surface area contributed by atoms with Crippen LogP contribution in [-0.4, -0.2) is 68.0 Å². The number of hydrogen-bond donors (Lipinski definition) is 1. The van der Waals surface area contributed by atoms with E-state index in [0.717, 1.165) is 36.3 Å². The normalized spacial score (nSPS) is 23.4. The Morgan fingerprint density at radius 1 is 1.19 bits per heavy atom. The summed E-state index contributed by atoms with van der Waals surface area (Å²) in [5.74, 6) is 0.899. The van der Waals surface area contributed by atoms with E-state index in [2.05, 4.69) is 30.1 Å². The first-order valence-electron chi connectivity index (χ1n) is 9.37. The number of rotatable bonds is 3. The second-order valence-electron chi connectivity index (χ2n) is 7.70. The molecule has 2 saturated heterocycles. The summed E-state index contributed by atoms with van der Waals surface area (Å²) in [6.07, 6.45) is 0.718. The summed E-state index contributed by atoms with van der Waals surface area (Å²) in [5.41, 5.74) is 3.13. The summed E-state index contributed by atoms with van der Waals surface area (Å²) in [7, 11) is -2.87. The summed E-state index contributed by atoms with van der Waals surface area (Å²) in [5, 5.41) is 3.10. The Labute approximate surface area is 156 Å². The number of urea groups is 1. The zero-order valence-corrected chi connectivity index (χ0v) is 16.7. The molecule has 0 aliphatic carbocycles. The molecular formula is C19H29N3O3S. The molecule has 1 atom stereocenters. The van der Waals surface area contributed by atoms with Crippen molar-refractivity contribution < 1.29 is 13.2 Å². The van der Waals surface area contributed by atoms with Crippen LogP contribution >= 0.6 is 0 Å². The maximum absolute atomic E-state index is 12.7. The highest BCUT2D eigenvalue weighted by Crippen LogP contribution is 2.28. The number of sulfone groups is 1. The molecule has 0 radical (unpaired) electrons. The lowest BCUT2D eigenvalue weighted by Crippen LogP contribution is -2.53. The van der Waals surface area contributed by atoms with E-state index in [1.165, 1.54) is 0 Å². The zero-order valence-electron chi connectivity index (χ0n) is 15.9. The zero-order chi connectivity index (χ0) is 18.9. The Kier molecular flexibility index (Phi) is 5.58. The van der Waals surface area contributed by atoms with E-state index in [9.17, 15) is 13.2 Å². The molecular weight excluding hydrogens is 350 g/mol. The van der Waals surface area contributed by atoms with Gasteiger partial charge in [0.2, 0.25) is 0 Å². The predicted octanol–water partition coefficient (Wildman–Crippen LogP) is 2.46. The van der Waals surface area contributed by atoms with Crippen LogP contribution < -0.4 is 5.32 Å². The number of para-hydroxylation sites is 1. The maximum Gasteiger partial charge on any atom is 0.321 e. The van der Waals surface area contributed by atoms with Crippen molar-refractivity contribution in [3.05, 3.63) is 29.3 Å². The van der Waals surface area contributed by atoms with Crippen molar-refractivity contribution >= 4 is 21.6 Å². The molecule has 3 rings (SSSR count). The molecule has 2 aliphatic heterocycles. The molecule has 0 aromatic heterocycles. The van der Waals surface area contributed by atoms with Crippen molar-refractivity contribution in [2.24, 2.45) is 0 Å². The van der Waals surface area contributed by atoms with E-state index < -0.39 is 9.84 Å². The third kappa shape index (κ3) is 4.20. The van der Waals surface area contributed by atoms with Crippen LogP contribution in [0.5, 0.6) is 0 Å². The highest BCUT2D eigenvalue weighted by atomic mass is 32.2. The van der Waals surface area contributed by atoms with Crippen molar-refractivity contribution in [3.8, 4) is 0 Å². The van der Waals surface area contributed by atoms with Gasteiger partial charge >= 0.3 is 6.03 Å². The number of benzene rings is 1. The Morgan fingerprint density at radius 2 is 1.88 bits per heavy atom. The van der Waals surface area contributed by atoms with Crippen LogP contribution in [0.4, 0.5) is 10.5 Å². The molecule has 2 aliphatic rings. The largest absolute Gasteiger partial charge is 0.322 e. The van der Waals surface area contributed by atoms with Crippen molar-refractivity contribution in [2.45, 2.75) is 39.2 Å². The molecule has 2 amide bonds. The van der Waals surface area contributed by atoms with Crippen LogP contribution in [0.3, 0.4) is 0 Å². The molecule has 1 aromatic rings. The second-order valence-corrected chi connectivity index (χ2v) is 9.93. The third-order valence-electron chi connectivity index (χ3n) is 5.49. The Hall–Kier alpha value is -1.60. The van der Waals surface area contributed by atoms with Gasteiger partial charge in [-0.1, -0.05) is 32.0 Å². The maximum atomic E-state index is 12.7. The van der Waals surface area contributed by atoms with Crippen molar-refractivity contribution in [3.63, 3.8) is 0 Å². The first-order valence-corrected chi connectivity index (χ1v) is 11.2. The number of carbonyl (C=O) groups is 1. The van der Waals surface area contributed by atoms with E-state index in [1.54, 1.807) is 0 Å². The molecule has 2 heterocycles. The number of nitrogens with zero attached hydrogens (tertiary/aromatic N) is 2. The van der Waals surface area contributed by atoms with Crippen LogP contribution in [0.1, 0.15) is 37.3 Å². The minimum atomic E-state index is -2.87. The molecule has 1 aromatic carbocycles. The molecule has 0 spiro atoms. The fourth-order valence-corrected chi connectivity index (χ4v) is 5.64. The van der Waals surface area contributed by atoms with Gasteiger partial charge in [0.15, 0.2) is 9.84 Å². The van der Waals surface area contributed by atoms with E-state index >= 15 is 0 Å². The number of hydrogen-bond acceptors (Lipinski definition) is 4. The van der Waals surface area contributed by atoms with Crippen LogP contribution in [0, 0.1) is 6.92 Å². The summed E-state index contributed by atoms with van der Waals surface area (Å²) in [4.78, 5) is 16.8. The first-order chi connectivity index (χ1) is 12.3. The topological polar surface area (TPSA) is 69.7 Å². The fraction of sp³-hybridized carbons (Fsp3) is 0.632. The fourth-order valence-electron chi connectivity index (χ4n) is 3.88. The van der Waals surface area contributed by atoms with Crippen LogP contribution in [0.2, 0.25) is 0 Å². The minimum Gasteiger partial charge on any atom is -0.322 e. The van der Waals surface area contributed by atoms with Crippen molar-refractivity contribution in [1.29, 1.82) is 0 Å². The van der Waals surface area contributed by atoms with Crippen LogP contribution in [-0.2, 0) is 9.84 Å². The van der Waals surface area contributed by atoms with E-state index in [4.69, 9.17) is 0 Å². The molecule has 1 N–H and O–H groups in total. The molecule has 7 heteroatoms. The molecule has 26 heavy (non-hydrogen) atoms. The average molecular weight is 380 g/mol. The average Bonchev–Trinajstić information content (AvgIpc) is 2.96. The lowest BCUT2D eigenvalue weighted by molar-refractivity contribution is 0.121. The first kappa shape index (κ1) is 19.2. The Balaban J connectivity index is 1.60. The lowest BCUT2D eigenvalue weighted by atomic mass is 9.98. The van der Waals surface area contributed by atoms with Crippen LogP contribution in [0.15, 0.2) is 18.2 Å². The second kappa shape index (κ2) is 7.56. The smallest absolute Gasteiger partial charge is 0.321 e. The molecule has 0 bridgehead atoms. The van der Waals surface area contributed by atoms with Gasteiger partial charge in [-0.05, 0) is 30.4 Å².